The van der Waals surface area contributed by atoms with Crippen molar-refractivity contribution in [2.45, 2.75) is 43.1 Å². The van der Waals surface area contributed by atoms with Gasteiger partial charge in [-0.05, 0) is 12.8 Å². The molecule has 0 unspecified atom stereocenters. The van der Waals surface area contributed by atoms with Crippen LogP contribution < -0.4 is 5.56 Å². The number of nitrogens with zero attached hydrogens (tertiary/aromatic N) is 2. The molecule has 0 radical (unpaired) electrons. The molecule has 0 saturated heterocycles. The van der Waals surface area contributed by atoms with E-state index >= 15 is 0 Å². The van der Waals surface area contributed by atoms with Crippen LogP contribution in [0.4, 0.5) is 0 Å². The molecule has 0 amide bonds. The summed E-state index contributed by atoms with van der Waals surface area (Å²) in [5.74, 6) is 0.869. The van der Waals surface area contributed by atoms with Crippen LogP contribution in [0, 0.1) is 0 Å². The Balaban J connectivity index is 1.72. The van der Waals surface area contributed by atoms with E-state index in [2.05, 4.69) is 4.98 Å². The van der Waals surface area contributed by atoms with Gasteiger partial charge in [0.1, 0.15) is 0 Å². The summed E-state index contributed by atoms with van der Waals surface area (Å²) in [6, 6.07) is 1.68. The smallest absolute Gasteiger partial charge is 0.258 e. The van der Waals surface area contributed by atoms with Crippen LogP contribution in [0.2, 0.25) is 0 Å². The van der Waals surface area contributed by atoms with E-state index in [-0.39, 0.29) is 5.56 Å². The van der Waals surface area contributed by atoms with Crippen molar-refractivity contribution in [1.29, 1.82) is 0 Å². The highest BCUT2D eigenvalue weighted by Crippen LogP contribution is 2.30. The Morgan fingerprint density at radius 3 is 3.06 bits per heavy atom. The van der Waals surface area contributed by atoms with Crippen LogP contribution in [0.1, 0.15) is 37.8 Å². The van der Waals surface area contributed by atoms with Crippen molar-refractivity contribution in [2.75, 3.05) is 0 Å². The summed E-state index contributed by atoms with van der Waals surface area (Å²) in [7, 11) is 0. The van der Waals surface area contributed by atoms with Crippen molar-refractivity contribution in [2.24, 2.45) is 0 Å². The lowest BCUT2D eigenvalue weighted by Gasteiger charge is -2.20. The van der Waals surface area contributed by atoms with Crippen LogP contribution in [-0.4, -0.2) is 14.6 Å². The van der Waals surface area contributed by atoms with Crippen molar-refractivity contribution in [3.63, 3.8) is 0 Å². The average molecular weight is 280 g/mol. The fourth-order valence-electron chi connectivity index (χ4n) is 2.40. The summed E-state index contributed by atoms with van der Waals surface area (Å²) in [6.07, 6.45) is 8.54. The highest BCUT2D eigenvalue weighted by atomic mass is 32.2. The number of thiazole rings is 1. The predicted molar refractivity (Wildman–Crippen MR) is 77.5 cm³/mol. The first-order chi connectivity index (χ1) is 8.83. The summed E-state index contributed by atoms with van der Waals surface area (Å²) in [5.41, 5.74) is 0.971. The Hall–Kier alpha value is -0.810. The molecule has 0 aromatic carbocycles. The minimum Gasteiger partial charge on any atom is -0.269 e. The second kappa shape index (κ2) is 5.45. The maximum atomic E-state index is 11.8. The van der Waals surface area contributed by atoms with Gasteiger partial charge in [0.15, 0.2) is 4.96 Å². The van der Waals surface area contributed by atoms with Gasteiger partial charge in [-0.2, -0.15) is 11.8 Å². The standard InChI is InChI=1S/C13H16N2OS2/c16-12-8-10(14-13-15(12)6-7-17-13)9-18-11-4-2-1-3-5-11/h6-8,11H,1-5,9H2. The lowest BCUT2D eigenvalue weighted by molar-refractivity contribution is 0.516. The second-order valence-corrected chi connectivity index (χ2v) is 6.87. The number of rotatable bonds is 3. The molecule has 0 N–H and O–H groups in total. The molecular weight excluding hydrogens is 264 g/mol. The van der Waals surface area contributed by atoms with Crippen molar-refractivity contribution < 1.29 is 0 Å². The summed E-state index contributed by atoms with van der Waals surface area (Å²) in [5, 5.41) is 2.67. The van der Waals surface area contributed by atoms with E-state index in [0.717, 1.165) is 21.7 Å². The molecule has 3 nitrogen and oxygen atoms in total. The molecule has 18 heavy (non-hydrogen) atoms. The molecular formula is C13H16N2OS2. The average Bonchev–Trinajstić information content (AvgIpc) is 2.86. The first kappa shape index (κ1) is 12.2. The molecule has 96 valence electrons. The van der Waals surface area contributed by atoms with E-state index in [4.69, 9.17) is 0 Å². The zero-order valence-corrected chi connectivity index (χ0v) is 11.8. The predicted octanol–water partition coefficient (Wildman–Crippen LogP) is 3.32. The van der Waals surface area contributed by atoms with Gasteiger partial charge in [0.2, 0.25) is 0 Å². The molecule has 1 aliphatic rings. The van der Waals surface area contributed by atoms with E-state index in [1.165, 1.54) is 43.4 Å². The molecule has 2 aromatic rings. The third-order valence-corrected chi connectivity index (χ3v) is 5.54. The van der Waals surface area contributed by atoms with Crippen LogP contribution in [0.25, 0.3) is 4.96 Å². The Morgan fingerprint density at radius 1 is 1.39 bits per heavy atom. The van der Waals surface area contributed by atoms with Gasteiger partial charge in [-0.15, -0.1) is 11.3 Å². The topological polar surface area (TPSA) is 34.4 Å². The van der Waals surface area contributed by atoms with E-state index in [1.54, 1.807) is 16.7 Å². The number of fused-ring (bicyclic) bond motifs is 1. The zero-order valence-electron chi connectivity index (χ0n) is 10.2. The first-order valence-electron chi connectivity index (χ1n) is 6.40. The van der Waals surface area contributed by atoms with Crippen LogP contribution in [-0.2, 0) is 5.75 Å². The number of hydrogen-bond donors (Lipinski definition) is 0. The Bertz CT molecular complexity index is 584. The minimum atomic E-state index is 0.0421. The van der Waals surface area contributed by atoms with Gasteiger partial charge >= 0.3 is 0 Å². The monoisotopic (exact) mass is 280 g/mol. The molecule has 0 aliphatic heterocycles. The van der Waals surface area contributed by atoms with Gasteiger partial charge in [0.25, 0.3) is 5.56 Å². The van der Waals surface area contributed by atoms with Gasteiger partial charge in [-0.25, -0.2) is 4.98 Å². The minimum absolute atomic E-state index is 0.0421. The van der Waals surface area contributed by atoms with E-state index in [9.17, 15) is 4.79 Å². The highest BCUT2D eigenvalue weighted by Gasteiger charge is 2.14. The molecule has 3 rings (SSSR count). The van der Waals surface area contributed by atoms with Gasteiger partial charge in [0, 0.05) is 28.6 Å². The molecule has 0 spiro atoms. The number of thioether (sulfide) groups is 1. The van der Waals surface area contributed by atoms with E-state index in [0.29, 0.717) is 0 Å². The SMILES string of the molecule is O=c1cc(CSC2CCCCC2)nc2sccn12. The van der Waals surface area contributed by atoms with Crippen LogP contribution in [0.3, 0.4) is 0 Å². The molecule has 2 aromatic heterocycles. The van der Waals surface area contributed by atoms with Crippen molar-refractivity contribution in [3.8, 4) is 0 Å². The van der Waals surface area contributed by atoms with E-state index in [1.807, 2.05) is 17.1 Å². The Labute approximate surface area is 114 Å². The lowest BCUT2D eigenvalue weighted by atomic mass is 10.0. The normalized spacial score (nSPS) is 17.3. The summed E-state index contributed by atoms with van der Waals surface area (Å²) in [6.45, 7) is 0. The lowest BCUT2D eigenvalue weighted by Crippen LogP contribution is -2.13. The van der Waals surface area contributed by atoms with Crippen LogP contribution in [0.15, 0.2) is 22.4 Å². The first-order valence-corrected chi connectivity index (χ1v) is 8.33. The summed E-state index contributed by atoms with van der Waals surface area (Å²) < 4.78 is 1.61. The Morgan fingerprint density at radius 2 is 2.22 bits per heavy atom. The fraction of sp³-hybridized carbons (Fsp3) is 0.538. The highest BCUT2D eigenvalue weighted by molar-refractivity contribution is 7.99. The molecule has 1 saturated carbocycles. The number of hydrogen-bond acceptors (Lipinski definition) is 4. The van der Waals surface area contributed by atoms with Crippen LogP contribution >= 0.6 is 23.1 Å². The van der Waals surface area contributed by atoms with Crippen molar-refractivity contribution in [3.05, 3.63) is 33.7 Å². The summed E-state index contributed by atoms with van der Waals surface area (Å²) >= 11 is 3.48. The van der Waals surface area contributed by atoms with Crippen molar-refractivity contribution in [1.82, 2.24) is 9.38 Å². The third-order valence-electron chi connectivity index (χ3n) is 3.38. The van der Waals surface area contributed by atoms with Gasteiger partial charge < -0.3 is 0 Å². The molecule has 1 aliphatic carbocycles. The van der Waals surface area contributed by atoms with Gasteiger partial charge in [-0.3, -0.25) is 9.20 Å². The van der Waals surface area contributed by atoms with Crippen LogP contribution in [0.5, 0.6) is 0 Å². The zero-order chi connectivity index (χ0) is 12.4. The second-order valence-electron chi connectivity index (χ2n) is 4.71. The van der Waals surface area contributed by atoms with Crippen molar-refractivity contribution >= 4 is 28.1 Å². The fourth-order valence-corrected chi connectivity index (χ4v) is 4.36. The maximum absolute atomic E-state index is 11.8. The molecule has 1 fully saturated rings. The van der Waals surface area contributed by atoms with Gasteiger partial charge in [-0.1, -0.05) is 19.3 Å². The quantitative estimate of drug-likeness (QED) is 0.865. The van der Waals surface area contributed by atoms with Gasteiger partial charge in [0.05, 0.1) is 5.69 Å². The number of aromatic nitrogens is 2. The largest absolute Gasteiger partial charge is 0.269 e. The molecule has 5 heteroatoms. The molecule has 0 atom stereocenters. The maximum Gasteiger partial charge on any atom is 0.258 e. The third kappa shape index (κ3) is 2.62. The van der Waals surface area contributed by atoms with E-state index < -0.39 is 0 Å². The molecule has 0 bridgehead atoms. The Kier molecular flexibility index (Phi) is 3.70. The summed E-state index contributed by atoms with van der Waals surface area (Å²) in [4.78, 5) is 17.2. The molecule has 2 heterocycles.